The Kier molecular flexibility index (Phi) is 6.60. The monoisotopic (exact) mass is 402 g/mol. The minimum absolute atomic E-state index is 0.0308. The van der Waals surface area contributed by atoms with Crippen LogP contribution in [0.3, 0.4) is 0 Å². The first-order valence-corrected chi connectivity index (χ1v) is 9.44. The van der Waals surface area contributed by atoms with E-state index in [0.29, 0.717) is 37.0 Å². The largest absolute Gasteiger partial charge is 0.492 e. The van der Waals surface area contributed by atoms with Crippen LogP contribution in [0.15, 0.2) is 42.5 Å². The molecule has 3 amide bonds. The van der Waals surface area contributed by atoms with Crippen molar-refractivity contribution in [1.29, 1.82) is 0 Å². The molecule has 1 saturated heterocycles. The van der Waals surface area contributed by atoms with Gasteiger partial charge in [0.25, 0.3) is 0 Å². The van der Waals surface area contributed by atoms with Crippen LogP contribution in [0.25, 0.3) is 0 Å². The Morgan fingerprint density at radius 3 is 2.75 bits per heavy atom. The van der Waals surface area contributed by atoms with Gasteiger partial charge >= 0.3 is 6.03 Å². The number of nitrogens with one attached hydrogen (secondary N) is 3. The second-order valence-electron chi connectivity index (χ2n) is 6.48. The molecule has 2 aromatic rings. The maximum absolute atomic E-state index is 12.0. The zero-order chi connectivity index (χ0) is 19.9. The highest BCUT2D eigenvalue weighted by Gasteiger charge is 2.18. The molecule has 0 aromatic heterocycles. The predicted octanol–water partition coefficient (Wildman–Crippen LogP) is 2.79. The molecule has 0 unspecified atom stereocenters. The van der Waals surface area contributed by atoms with E-state index in [1.54, 1.807) is 18.2 Å². The molecule has 28 heavy (non-hydrogen) atoms. The van der Waals surface area contributed by atoms with Gasteiger partial charge in [0.1, 0.15) is 12.4 Å². The molecule has 0 saturated carbocycles. The SMILES string of the molecule is Cc1ccc(OCCNC(=O)Nc2ccc(N3CCNC(=O)C3)c(Cl)c2)cc1. The molecule has 0 spiro atoms. The number of urea groups is 1. The number of hydrogen-bond donors (Lipinski definition) is 3. The van der Waals surface area contributed by atoms with Crippen LogP contribution in [-0.4, -0.2) is 44.7 Å². The van der Waals surface area contributed by atoms with Gasteiger partial charge in [-0.05, 0) is 37.3 Å². The highest BCUT2D eigenvalue weighted by molar-refractivity contribution is 6.33. The first-order valence-electron chi connectivity index (χ1n) is 9.07. The number of anilines is 2. The number of rotatable bonds is 6. The zero-order valence-corrected chi connectivity index (χ0v) is 16.4. The number of amides is 3. The summed E-state index contributed by atoms with van der Waals surface area (Å²) in [6, 6.07) is 12.6. The number of benzene rings is 2. The molecule has 148 valence electrons. The van der Waals surface area contributed by atoms with Crippen LogP contribution in [0.1, 0.15) is 5.56 Å². The summed E-state index contributed by atoms with van der Waals surface area (Å²) in [4.78, 5) is 25.5. The van der Waals surface area contributed by atoms with E-state index in [-0.39, 0.29) is 18.5 Å². The van der Waals surface area contributed by atoms with E-state index >= 15 is 0 Å². The number of piperazine rings is 1. The Bertz CT molecular complexity index is 842. The number of carbonyl (C=O) groups is 2. The predicted molar refractivity (Wildman–Crippen MR) is 110 cm³/mol. The summed E-state index contributed by atoms with van der Waals surface area (Å²) in [6.45, 7) is 4.30. The Morgan fingerprint density at radius 2 is 2.04 bits per heavy atom. The number of aryl methyl sites for hydroxylation is 1. The Morgan fingerprint density at radius 1 is 1.25 bits per heavy atom. The van der Waals surface area contributed by atoms with Gasteiger partial charge in [-0.15, -0.1) is 0 Å². The molecule has 3 rings (SSSR count). The van der Waals surface area contributed by atoms with Crippen molar-refractivity contribution in [2.45, 2.75) is 6.92 Å². The summed E-state index contributed by atoms with van der Waals surface area (Å²) >= 11 is 6.33. The number of nitrogens with zero attached hydrogens (tertiary/aromatic N) is 1. The highest BCUT2D eigenvalue weighted by atomic mass is 35.5. The van der Waals surface area contributed by atoms with Gasteiger partial charge in [-0.1, -0.05) is 29.3 Å². The van der Waals surface area contributed by atoms with E-state index in [0.717, 1.165) is 17.0 Å². The number of hydrogen-bond acceptors (Lipinski definition) is 4. The number of carbonyl (C=O) groups excluding carboxylic acids is 2. The van der Waals surface area contributed by atoms with Crippen LogP contribution < -0.4 is 25.6 Å². The first kappa shape index (κ1) is 19.8. The van der Waals surface area contributed by atoms with Gasteiger partial charge in [-0.25, -0.2) is 4.79 Å². The molecule has 7 nitrogen and oxygen atoms in total. The second kappa shape index (κ2) is 9.32. The van der Waals surface area contributed by atoms with Gasteiger partial charge in [0, 0.05) is 18.8 Å². The molecule has 0 atom stereocenters. The Hall–Kier alpha value is -2.93. The molecule has 2 aromatic carbocycles. The molecule has 0 bridgehead atoms. The van der Waals surface area contributed by atoms with Gasteiger partial charge in [-0.3, -0.25) is 4.79 Å². The van der Waals surface area contributed by atoms with Crippen LogP contribution in [0.5, 0.6) is 5.75 Å². The van der Waals surface area contributed by atoms with Crippen molar-refractivity contribution >= 4 is 34.9 Å². The van der Waals surface area contributed by atoms with E-state index in [9.17, 15) is 9.59 Å². The molecular formula is C20H23ClN4O3. The summed E-state index contributed by atoms with van der Waals surface area (Å²) in [6.07, 6.45) is 0. The van der Waals surface area contributed by atoms with Crippen LogP contribution >= 0.6 is 11.6 Å². The van der Waals surface area contributed by atoms with Crippen molar-refractivity contribution in [3.8, 4) is 5.75 Å². The van der Waals surface area contributed by atoms with Crippen molar-refractivity contribution in [1.82, 2.24) is 10.6 Å². The lowest BCUT2D eigenvalue weighted by Gasteiger charge is -2.29. The van der Waals surface area contributed by atoms with Crippen LogP contribution in [-0.2, 0) is 4.79 Å². The van der Waals surface area contributed by atoms with Crippen molar-refractivity contribution in [3.63, 3.8) is 0 Å². The molecule has 8 heteroatoms. The normalized spacial score (nSPS) is 13.6. The molecule has 1 fully saturated rings. The third-order valence-corrected chi connectivity index (χ3v) is 4.56. The first-order chi connectivity index (χ1) is 13.5. The lowest BCUT2D eigenvalue weighted by molar-refractivity contribution is -0.120. The molecule has 0 aliphatic carbocycles. The zero-order valence-electron chi connectivity index (χ0n) is 15.6. The fourth-order valence-electron chi connectivity index (χ4n) is 2.83. The minimum Gasteiger partial charge on any atom is -0.492 e. The van der Waals surface area contributed by atoms with Crippen LogP contribution in [0.2, 0.25) is 5.02 Å². The fraction of sp³-hybridized carbons (Fsp3) is 0.300. The van der Waals surface area contributed by atoms with Gasteiger partial charge in [-0.2, -0.15) is 0 Å². The standard InChI is InChI=1S/C20H23ClN4O3/c1-14-2-5-16(6-3-14)28-11-9-23-20(27)24-15-4-7-18(17(21)12-15)25-10-8-22-19(26)13-25/h2-7,12H,8-11,13H2,1H3,(H,22,26)(H2,23,24,27). The van der Waals surface area contributed by atoms with Gasteiger partial charge in [0.05, 0.1) is 23.8 Å². The number of halogens is 1. The minimum atomic E-state index is -0.339. The molecule has 1 aliphatic heterocycles. The van der Waals surface area contributed by atoms with E-state index in [4.69, 9.17) is 16.3 Å². The molecular weight excluding hydrogens is 380 g/mol. The maximum atomic E-state index is 12.0. The summed E-state index contributed by atoms with van der Waals surface area (Å²) in [5.41, 5.74) is 2.51. The van der Waals surface area contributed by atoms with Crippen LogP contribution in [0.4, 0.5) is 16.2 Å². The quantitative estimate of drug-likeness (QED) is 0.649. The maximum Gasteiger partial charge on any atom is 0.319 e. The van der Waals surface area contributed by atoms with Gasteiger partial charge in [0.15, 0.2) is 0 Å². The van der Waals surface area contributed by atoms with Gasteiger partial charge < -0.3 is 25.6 Å². The lowest BCUT2D eigenvalue weighted by Crippen LogP contribution is -2.47. The van der Waals surface area contributed by atoms with Crippen molar-refractivity contribution in [2.75, 3.05) is 43.0 Å². The smallest absolute Gasteiger partial charge is 0.319 e. The summed E-state index contributed by atoms with van der Waals surface area (Å²) in [5.74, 6) is 0.735. The third kappa shape index (κ3) is 5.53. The topological polar surface area (TPSA) is 82.7 Å². The van der Waals surface area contributed by atoms with Crippen molar-refractivity contribution in [2.24, 2.45) is 0 Å². The Labute approximate surface area is 169 Å². The van der Waals surface area contributed by atoms with E-state index in [1.165, 1.54) is 0 Å². The van der Waals surface area contributed by atoms with E-state index in [1.807, 2.05) is 36.1 Å². The molecule has 1 heterocycles. The van der Waals surface area contributed by atoms with E-state index < -0.39 is 0 Å². The Balaban J connectivity index is 1.45. The average molecular weight is 403 g/mol. The van der Waals surface area contributed by atoms with Crippen molar-refractivity contribution < 1.29 is 14.3 Å². The molecule has 0 radical (unpaired) electrons. The van der Waals surface area contributed by atoms with Gasteiger partial charge in [0.2, 0.25) is 5.91 Å². The summed E-state index contributed by atoms with van der Waals surface area (Å²) in [5, 5.41) is 8.73. The lowest BCUT2D eigenvalue weighted by atomic mass is 10.2. The van der Waals surface area contributed by atoms with Crippen molar-refractivity contribution in [3.05, 3.63) is 53.1 Å². The van der Waals surface area contributed by atoms with Crippen LogP contribution in [0, 0.1) is 6.92 Å². The molecule has 1 aliphatic rings. The molecule has 3 N–H and O–H groups in total. The highest BCUT2D eigenvalue weighted by Crippen LogP contribution is 2.29. The number of ether oxygens (including phenoxy) is 1. The fourth-order valence-corrected chi connectivity index (χ4v) is 3.13. The average Bonchev–Trinajstić information content (AvgIpc) is 2.67. The van der Waals surface area contributed by atoms with E-state index in [2.05, 4.69) is 16.0 Å². The third-order valence-electron chi connectivity index (χ3n) is 4.26. The summed E-state index contributed by atoms with van der Waals surface area (Å²) < 4.78 is 5.57. The summed E-state index contributed by atoms with van der Waals surface area (Å²) in [7, 11) is 0. The second-order valence-corrected chi connectivity index (χ2v) is 6.89.